The highest BCUT2D eigenvalue weighted by molar-refractivity contribution is 5.39. The van der Waals surface area contributed by atoms with Crippen molar-refractivity contribution >= 4 is 0 Å². The van der Waals surface area contributed by atoms with Crippen LogP contribution in [0.1, 0.15) is 23.1 Å². The summed E-state index contributed by atoms with van der Waals surface area (Å²) in [6.45, 7) is 1.62. The van der Waals surface area contributed by atoms with Crippen molar-refractivity contribution in [1.29, 1.82) is 0 Å². The number of fused-ring (bicyclic) bond motifs is 1. The number of aryl methyl sites for hydroxylation is 1. The lowest BCUT2D eigenvalue weighted by Gasteiger charge is -2.33. The Kier molecular flexibility index (Phi) is 3.79. The topological polar surface area (TPSA) is 27.7 Å². The summed E-state index contributed by atoms with van der Waals surface area (Å²) in [5, 5.41) is 0. The fourth-order valence-electron chi connectivity index (χ4n) is 3.34. The SMILES string of the molecule is Fc1cc(OCc2ccccc2)cc2c1CC1(CC2)OCCO1. The summed E-state index contributed by atoms with van der Waals surface area (Å²) >= 11 is 0. The van der Waals surface area contributed by atoms with Crippen LogP contribution in [0.3, 0.4) is 0 Å². The van der Waals surface area contributed by atoms with Gasteiger partial charge in [0.15, 0.2) is 5.79 Å². The predicted octanol–water partition coefficient (Wildman–Crippen LogP) is 3.64. The number of hydrogen-bond donors (Lipinski definition) is 0. The molecule has 120 valence electrons. The Morgan fingerprint density at radius 1 is 1.09 bits per heavy atom. The largest absolute Gasteiger partial charge is 0.489 e. The molecule has 4 heteroatoms. The Morgan fingerprint density at radius 3 is 2.65 bits per heavy atom. The van der Waals surface area contributed by atoms with Crippen molar-refractivity contribution in [2.45, 2.75) is 31.7 Å². The zero-order valence-electron chi connectivity index (χ0n) is 12.9. The lowest BCUT2D eigenvalue weighted by Crippen LogP contribution is -2.37. The van der Waals surface area contributed by atoms with Gasteiger partial charge in [-0.2, -0.15) is 0 Å². The van der Waals surface area contributed by atoms with Gasteiger partial charge in [-0.3, -0.25) is 0 Å². The molecule has 1 aliphatic carbocycles. The normalized spacial score (nSPS) is 18.8. The number of benzene rings is 2. The average molecular weight is 314 g/mol. The minimum absolute atomic E-state index is 0.233. The van der Waals surface area contributed by atoms with Crippen molar-refractivity contribution in [3.8, 4) is 5.75 Å². The van der Waals surface area contributed by atoms with Crippen molar-refractivity contribution in [3.63, 3.8) is 0 Å². The van der Waals surface area contributed by atoms with E-state index < -0.39 is 5.79 Å². The second kappa shape index (κ2) is 5.95. The van der Waals surface area contributed by atoms with Crippen LogP contribution in [0, 0.1) is 5.82 Å². The molecule has 2 aromatic rings. The predicted molar refractivity (Wildman–Crippen MR) is 83.8 cm³/mol. The van der Waals surface area contributed by atoms with E-state index in [9.17, 15) is 4.39 Å². The first-order valence-electron chi connectivity index (χ1n) is 8.00. The van der Waals surface area contributed by atoms with Gasteiger partial charge in [0.1, 0.15) is 18.2 Å². The minimum atomic E-state index is -0.611. The third-order valence-electron chi connectivity index (χ3n) is 4.54. The van der Waals surface area contributed by atoms with Crippen LogP contribution in [-0.2, 0) is 28.9 Å². The maximum absolute atomic E-state index is 14.5. The summed E-state index contributed by atoms with van der Waals surface area (Å²) in [4.78, 5) is 0. The highest BCUT2D eigenvalue weighted by Crippen LogP contribution is 2.38. The van der Waals surface area contributed by atoms with E-state index in [2.05, 4.69) is 0 Å². The highest BCUT2D eigenvalue weighted by Gasteiger charge is 2.40. The second-order valence-corrected chi connectivity index (χ2v) is 6.10. The first-order chi connectivity index (χ1) is 11.2. The van der Waals surface area contributed by atoms with E-state index in [-0.39, 0.29) is 5.82 Å². The molecule has 0 amide bonds. The molecule has 1 spiro atoms. The molecule has 1 fully saturated rings. The molecule has 0 bridgehead atoms. The van der Waals surface area contributed by atoms with Gasteiger partial charge in [0.2, 0.25) is 0 Å². The molecule has 2 aromatic carbocycles. The van der Waals surface area contributed by atoms with Crippen LogP contribution in [0.4, 0.5) is 4.39 Å². The second-order valence-electron chi connectivity index (χ2n) is 6.10. The van der Waals surface area contributed by atoms with E-state index in [4.69, 9.17) is 14.2 Å². The lowest BCUT2D eigenvalue weighted by atomic mass is 9.86. The average Bonchev–Trinajstić information content (AvgIpc) is 3.03. The van der Waals surface area contributed by atoms with Crippen molar-refractivity contribution < 1.29 is 18.6 Å². The van der Waals surface area contributed by atoms with Gasteiger partial charge in [-0.1, -0.05) is 30.3 Å². The first kappa shape index (κ1) is 14.7. The standard InChI is InChI=1S/C19H19FO3/c20-18-11-16(21-13-14-4-2-1-3-5-14)10-15-6-7-19(12-17(15)18)22-8-9-23-19/h1-5,10-11H,6-9,12-13H2. The van der Waals surface area contributed by atoms with E-state index in [1.54, 1.807) is 0 Å². The van der Waals surface area contributed by atoms with Gasteiger partial charge in [-0.25, -0.2) is 4.39 Å². The Morgan fingerprint density at radius 2 is 1.87 bits per heavy atom. The Hall–Kier alpha value is -1.91. The third kappa shape index (κ3) is 2.96. The molecule has 0 aromatic heterocycles. The molecule has 23 heavy (non-hydrogen) atoms. The molecule has 0 unspecified atom stereocenters. The smallest absolute Gasteiger partial charge is 0.172 e. The monoisotopic (exact) mass is 314 g/mol. The Balaban J connectivity index is 1.52. The van der Waals surface area contributed by atoms with Gasteiger partial charge in [0.25, 0.3) is 0 Å². The third-order valence-corrected chi connectivity index (χ3v) is 4.54. The number of rotatable bonds is 3. The summed E-state index contributed by atoms with van der Waals surface area (Å²) in [7, 11) is 0. The maximum Gasteiger partial charge on any atom is 0.172 e. The quantitative estimate of drug-likeness (QED) is 0.866. The van der Waals surface area contributed by atoms with Gasteiger partial charge in [0, 0.05) is 18.9 Å². The Labute approximate surface area is 135 Å². The molecule has 1 heterocycles. The number of halogens is 1. The van der Waals surface area contributed by atoms with Gasteiger partial charge >= 0.3 is 0 Å². The molecule has 2 aliphatic rings. The van der Waals surface area contributed by atoms with E-state index >= 15 is 0 Å². The number of hydrogen-bond acceptors (Lipinski definition) is 3. The molecule has 1 saturated heterocycles. The minimum Gasteiger partial charge on any atom is -0.489 e. The van der Waals surface area contributed by atoms with Crippen molar-refractivity contribution in [2.75, 3.05) is 13.2 Å². The zero-order valence-corrected chi connectivity index (χ0v) is 12.9. The zero-order chi connectivity index (χ0) is 15.7. The molecule has 4 rings (SSSR count). The van der Waals surface area contributed by atoms with Gasteiger partial charge < -0.3 is 14.2 Å². The summed E-state index contributed by atoms with van der Waals surface area (Å²) in [5.74, 6) is -0.265. The molecule has 0 N–H and O–H groups in total. The number of ether oxygens (including phenoxy) is 3. The molecular formula is C19H19FO3. The van der Waals surface area contributed by atoms with Crippen LogP contribution < -0.4 is 4.74 Å². The van der Waals surface area contributed by atoms with Crippen LogP contribution in [0.15, 0.2) is 42.5 Å². The summed E-state index contributed by atoms with van der Waals surface area (Å²) in [6, 6.07) is 13.3. The van der Waals surface area contributed by atoms with E-state index in [0.717, 1.165) is 24.0 Å². The van der Waals surface area contributed by atoms with Crippen LogP contribution >= 0.6 is 0 Å². The fraction of sp³-hybridized carbons (Fsp3) is 0.368. The molecule has 0 atom stereocenters. The first-order valence-corrected chi connectivity index (χ1v) is 8.00. The van der Waals surface area contributed by atoms with E-state index in [0.29, 0.717) is 37.6 Å². The van der Waals surface area contributed by atoms with Gasteiger partial charge in [0.05, 0.1) is 13.2 Å². The highest BCUT2D eigenvalue weighted by atomic mass is 19.1. The van der Waals surface area contributed by atoms with Crippen LogP contribution in [0.5, 0.6) is 5.75 Å². The maximum atomic E-state index is 14.5. The van der Waals surface area contributed by atoms with Crippen molar-refractivity contribution in [3.05, 3.63) is 65.0 Å². The summed E-state index contributed by atoms with van der Waals surface area (Å²) in [6.07, 6.45) is 1.99. The molecule has 0 saturated carbocycles. The van der Waals surface area contributed by atoms with Gasteiger partial charge in [-0.05, 0) is 29.2 Å². The molecule has 0 radical (unpaired) electrons. The fourth-order valence-corrected chi connectivity index (χ4v) is 3.34. The summed E-state index contributed by atoms with van der Waals surface area (Å²) in [5.41, 5.74) is 2.76. The molecule has 3 nitrogen and oxygen atoms in total. The molecule has 1 aliphatic heterocycles. The summed E-state index contributed by atoms with van der Waals surface area (Å²) < 4.78 is 31.7. The lowest BCUT2D eigenvalue weighted by molar-refractivity contribution is -0.164. The van der Waals surface area contributed by atoms with Crippen LogP contribution in [0.25, 0.3) is 0 Å². The van der Waals surface area contributed by atoms with Crippen molar-refractivity contribution in [2.24, 2.45) is 0 Å². The van der Waals surface area contributed by atoms with E-state index in [1.807, 2.05) is 36.4 Å². The van der Waals surface area contributed by atoms with Crippen LogP contribution in [0.2, 0.25) is 0 Å². The van der Waals surface area contributed by atoms with Crippen molar-refractivity contribution in [1.82, 2.24) is 0 Å². The van der Waals surface area contributed by atoms with Gasteiger partial charge in [-0.15, -0.1) is 0 Å². The molecular weight excluding hydrogens is 295 g/mol. The Bertz CT molecular complexity index is 693. The van der Waals surface area contributed by atoms with Crippen LogP contribution in [-0.4, -0.2) is 19.0 Å². The van der Waals surface area contributed by atoms with E-state index in [1.165, 1.54) is 6.07 Å².